The van der Waals surface area contributed by atoms with Crippen molar-refractivity contribution in [2.75, 3.05) is 18.4 Å². The molecule has 3 atom stereocenters. The minimum Gasteiger partial charge on any atom is -0.324 e. The van der Waals surface area contributed by atoms with Crippen LogP contribution in [-0.4, -0.2) is 25.0 Å². The van der Waals surface area contributed by atoms with Crippen molar-refractivity contribution < 1.29 is 14.1 Å². The summed E-state index contributed by atoms with van der Waals surface area (Å²) >= 11 is 5.97. The van der Waals surface area contributed by atoms with Crippen LogP contribution in [0, 0.1) is 11.7 Å². The zero-order valence-corrected chi connectivity index (χ0v) is 13.5. The summed E-state index contributed by atoms with van der Waals surface area (Å²) in [6.07, 6.45) is 7.72. The molecule has 0 spiro atoms. The lowest BCUT2D eigenvalue weighted by atomic mass is 9.78. The van der Waals surface area contributed by atoms with Crippen LogP contribution in [-0.2, 0) is 4.79 Å². The van der Waals surface area contributed by atoms with E-state index in [-0.39, 0.29) is 10.9 Å². The maximum absolute atomic E-state index is 13.0. The van der Waals surface area contributed by atoms with Crippen LogP contribution in [0.2, 0.25) is 5.02 Å². The van der Waals surface area contributed by atoms with E-state index >= 15 is 0 Å². The van der Waals surface area contributed by atoms with E-state index in [1.165, 1.54) is 61.6 Å². The molecule has 1 aromatic carbocycles. The maximum Gasteiger partial charge on any atom is 0.279 e. The quantitative estimate of drug-likeness (QED) is 0.880. The van der Waals surface area contributed by atoms with Gasteiger partial charge in [-0.05, 0) is 50.3 Å². The highest BCUT2D eigenvalue weighted by Crippen LogP contribution is 2.28. The first-order chi connectivity index (χ1) is 10.6. The number of amides is 1. The van der Waals surface area contributed by atoms with Crippen LogP contribution in [0.5, 0.6) is 0 Å². The second-order valence-corrected chi connectivity index (χ2v) is 6.96. The largest absolute Gasteiger partial charge is 0.324 e. The van der Waals surface area contributed by atoms with E-state index in [0.717, 1.165) is 12.5 Å². The second kappa shape index (κ2) is 6.97. The van der Waals surface area contributed by atoms with Gasteiger partial charge in [-0.25, -0.2) is 4.39 Å². The third kappa shape index (κ3) is 3.61. The molecular formula is C17H23ClFN2O+. The van der Waals surface area contributed by atoms with E-state index in [9.17, 15) is 9.18 Å². The standard InChI is InChI=1S/C17H22ClFN2O/c18-14-10-13(19)7-8-15(14)20-17(22)11-21-9-3-5-12-4-1-2-6-16(12)21/h7-8,10,12,16H,1-6,9,11H2,(H,20,22)/p+1/t12-,16+/m1/s1. The van der Waals surface area contributed by atoms with Crippen LogP contribution in [0.3, 0.4) is 0 Å². The molecular weight excluding hydrogens is 303 g/mol. The van der Waals surface area contributed by atoms with Crippen LogP contribution < -0.4 is 10.2 Å². The van der Waals surface area contributed by atoms with E-state index in [1.807, 2.05) is 0 Å². The van der Waals surface area contributed by atoms with Gasteiger partial charge in [0, 0.05) is 5.92 Å². The number of piperidine rings is 1. The maximum atomic E-state index is 13.0. The van der Waals surface area contributed by atoms with Gasteiger partial charge in [-0.15, -0.1) is 0 Å². The van der Waals surface area contributed by atoms with E-state index < -0.39 is 5.82 Å². The molecule has 3 nitrogen and oxygen atoms in total. The van der Waals surface area contributed by atoms with Crippen molar-refractivity contribution in [3.8, 4) is 0 Å². The smallest absolute Gasteiger partial charge is 0.279 e. The summed E-state index contributed by atoms with van der Waals surface area (Å²) in [6.45, 7) is 1.56. The molecule has 22 heavy (non-hydrogen) atoms. The Labute approximate surface area is 135 Å². The topological polar surface area (TPSA) is 33.5 Å². The Hall–Kier alpha value is -1.13. The fraction of sp³-hybridized carbons (Fsp3) is 0.588. The minimum absolute atomic E-state index is 0.0327. The lowest BCUT2D eigenvalue weighted by Gasteiger charge is -2.40. The SMILES string of the molecule is O=C(C[NH+]1CCC[C@H]2CCCC[C@@H]21)Nc1ccc(F)cc1Cl. The van der Waals surface area contributed by atoms with Crippen LogP contribution in [0.1, 0.15) is 38.5 Å². The third-order valence-electron chi connectivity index (χ3n) is 5.10. The summed E-state index contributed by atoms with van der Waals surface area (Å²) in [7, 11) is 0. The average molecular weight is 326 g/mol. The van der Waals surface area contributed by atoms with Crippen molar-refractivity contribution in [2.45, 2.75) is 44.6 Å². The van der Waals surface area contributed by atoms with E-state index in [2.05, 4.69) is 5.32 Å². The predicted octanol–water partition coefficient (Wildman–Crippen LogP) is 2.66. The Morgan fingerprint density at radius 2 is 2.05 bits per heavy atom. The number of carbonyl (C=O) groups excluding carboxylic acids is 1. The molecule has 1 amide bonds. The lowest BCUT2D eigenvalue weighted by molar-refractivity contribution is -0.928. The number of nitrogens with one attached hydrogen (secondary N) is 2. The van der Waals surface area contributed by atoms with Crippen molar-refractivity contribution in [1.82, 2.24) is 0 Å². The summed E-state index contributed by atoms with van der Waals surface area (Å²) < 4.78 is 13.0. The number of carbonyl (C=O) groups is 1. The molecule has 3 rings (SSSR count). The van der Waals surface area contributed by atoms with Gasteiger partial charge >= 0.3 is 0 Å². The van der Waals surface area contributed by atoms with Crippen molar-refractivity contribution in [1.29, 1.82) is 0 Å². The predicted molar refractivity (Wildman–Crippen MR) is 85.7 cm³/mol. The van der Waals surface area contributed by atoms with Gasteiger partial charge in [0.1, 0.15) is 5.82 Å². The fourth-order valence-electron chi connectivity index (χ4n) is 4.08. The Bertz CT molecular complexity index is 549. The number of rotatable bonds is 3. The van der Waals surface area contributed by atoms with Gasteiger partial charge in [0.15, 0.2) is 6.54 Å². The Balaban J connectivity index is 1.61. The van der Waals surface area contributed by atoms with Crippen LogP contribution >= 0.6 is 11.6 Å². The molecule has 2 N–H and O–H groups in total. The number of halogens is 2. The first kappa shape index (κ1) is 15.8. The molecule has 0 bridgehead atoms. The van der Waals surface area contributed by atoms with Gasteiger partial charge in [0.2, 0.25) is 0 Å². The molecule has 1 saturated heterocycles. The van der Waals surface area contributed by atoms with E-state index in [0.29, 0.717) is 18.3 Å². The molecule has 1 heterocycles. The van der Waals surface area contributed by atoms with Crippen LogP contribution in [0.4, 0.5) is 10.1 Å². The van der Waals surface area contributed by atoms with Gasteiger partial charge in [0.05, 0.1) is 23.3 Å². The zero-order valence-electron chi connectivity index (χ0n) is 12.7. The molecule has 2 aliphatic rings. The molecule has 2 fully saturated rings. The average Bonchev–Trinajstić information content (AvgIpc) is 2.50. The monoisotopic (exact) mass is 325 g/mol. The van der Waals surface area contributed by atoms with Gasteiger partial charge in [-0.3, -0.25) is 4.79 Å². The van der Waals surface area contributed by atoms with Crippen LogP contribution in [0.25, 0.3) is 0 Å². The number of hydrogen-bond acceptors (Lipinski definition) is 1. The Morgan fingerprint density at radius 3 is 2.86 bits per heavy atom. The number of benzene rings is 1. The molecule has 1 saturated carbocycles. The van der Waals surface area contributed by atoms with Gasteiger partial charge in [-0.2, -0.15) is 0 Å². The normalized spacial score (nSPS) is 28.0. The minimum atomic E-state index is -0.394. The summed E-state index contributed by atoms with van der Waals surface area (Å²) in [6, 6.07) is 4.69. The number of likely N-dealkylation sites (tertiary alicyclic amines) is 1. The molecule has 5 heteroatoms. The first-order valence-corrected chi connectivity index (χ1v) is 8.61. The van der Waals surface area contributed by atoms with Crippen molar-refractivity contribution in [3.05, 3.63) is 29.0 Å². The zero-order chi connectivity index (χ0) is 15.5. The summed E-state index contributed by atoms with van der Waals surface area (Å²) in [4.78, 5) is 13.7. The molecule has 0 radical (unpaired) electrons. The molecule has 1 aliphatic carbocycles. The number of fused-ring (bicyclic) bond motifs is 1. The van der Waals surface area contributed by atoms with Gasteiger partial charge < -0.3 is 10.2 Å². The van der Waals surface area contributed by atoms with Gasteiger partial charge in [0.25, 0.3) is 5.91 Å². The summed E-state index contributed by atoms with van der Waals surface area (Å²) in [5, 5.41) is 3.07. The number of anilines is 1. The van der Waals surface area contributed by atoms with E-state index in [1.54, 1.807) is 0 Å². The molecule has 1 aliphatic heterocycles. The molecule has 1 unspecified atom stereocenters. The molecule has 120 valence electrons. The molecule has 0 aromatic heterocycles. The highest BCUT2D eigenvalue weighted by molar-refractivity contribution is 6.33. The second-order valence-electron chi connectivity index (χ2n) is 6.55. The Kier molecular flexibility index (Phi) is 4.99. The van der Waals surface area contributed by atoms with Crippen molar-refractivity contribution in [2.24, 2.45) is 5.92 Å². The number of quaternary nitrogens is 1. The first-order valence-electron chi connectivity index (χ1n) is 8.23. The highest BCUT2D eigenvalue weighted by atomic mass is 35.5. The third-order valence-corrected chi connectivity index (χ3v) is 5.41. The lowest BCUT2D eigenvalue weighted by Crippen LogP contribution is -3.18. The Morgan fingerprint density at radius 1 is 1.27 bits per heavy atom. The van der Waals surface area contributed by atoms with Crippen molar-refractivity contribution in [3.63, 3.8) is 0 Å². The van der Waals surface area contributed by atoms with Crippen LogP contribution in [0.15, 0.2) is 18.2 Å². The van der Waals surface area contributed by atoms with E-state index in [4.69, 9.17) is 11.6 Å². The fourth-order valence-corrected chi connectivity index (χ4v) is 4.29. The van der Waals surface area contributed by atoms with Gasteiger partial charge in [-0.1, -0.05) is 18.0 Å². The highest BCUT2D eigenvalue weighted by Gasteiger charge is 2.37. The van der Waals surface area contributed by atoms with Crippen molar-refractivity contribution >= 4 is 23.2 Å². The number of hydrogen-bond donors (Lipinski definition) is 2. The summed E-state index contributed by atoms with van der Waals surface area (Å²) in [5.41, 5.74) is 0.490. The molecule has 1 aromatic rings. The summed E-state index contributed by atoms with van der Waals surface area (Å²) in [5.74, 6) is 0.365.